The van der Waals surface area contributed by atoms with E-state index in [9.17, 15) is 9.90 Å². The van der Waals surface area contributed by atoms with E-state index in [0.29, 0.717) is 18.0 Å². The van der Waals surface area contributed by atoms with Gasteiger partial charge in [0, 0.05) is 7.05 Å². The molecule has 0 spiro atoms. The molecule has 0 saturated carbocycles. The zero-order valence-electron chi connectivity index (χ0n) is 14.5. The van der Waals surface area contributed by atoms with Crippen molar-refractivity contribution in [3.05, 3.63) is 53.9 Å². The van der Waals surface area contributed by atoms with E-state index in [1.165, 1.54) is 0 Å². The molecule has 0 atom stereocenters. The molecule has 0 fully saturated rings. The first-order chi connectivity index (χ1) is 12.0. The van der Waals surface area contributed by atoms with Crippen LogP contribution in [0, 0.1) is 0 Å². The van der Waals surface area contributed by atoms with Crippen molar-refractivity contribution in [1.82, 2.24) is 9.55 Å². The summed E-state index contributed by atoms with van der Waals surface area (Å²) >= 11 is 0. The first kappa shape index (κ1) is 16.8. The molecule has 3 aromatic rings. The number of carbonyl (C=O) groups is 1. The van der Waals surface area contributed by atoms with Crippen molar-refractivity contribution in [3.8, 4) is 5.75 Å². The number of nitrogens with one attached hydrogen (secondary N) is 1. The third-order valence-electron chi connectivity index (χ3n) is 3.92. The average Bonchev–Trinajstić information content (AvgIpc) is 2.89. The van der Waals surface area contributed by atoms with E-state index >= 15 is 0 Å². The number of para-hydroxylation sites is 3. The monoisotopic (exact) mass is 339 g/mol. The molecule has 0 aliphatic carbocycles. The Bertz CT molecular complexity index is 915. The van der Waals surface area contributed by atoms with E-state index < -0.39 is 5.97 Å². The first-order valence-corrected chi connectivity index (χ1v) is 8.14. The summed E-state index contributed by atoms with van der Waals surface area (Å²) in [5, 5.41) is 12.7. The van der Waals surface area contributed by atoms with E-state index in [2.05, 4.69) is 10.3 Å². The highest BCUT2D eigenvalue weighted by Gasteiger charge is 2.17. The molecular formula is C19H21N3O3. The summed E-state index contributed by atoms with van der Waals surface area (Å²) in [6.07, 6.45) is -0.128. The molecule has 2 aromatic carbocycles. The van der Waals surface area contributed by atoms with Gasteiger partial charge in [-0.25, -0.2) is 9.78 Å². The zero-order valence-corrected chi connectivity index (χ0v) is 14.5. The van der Waals surface area contributed by atoms with Crippen LogP contribution in [0.2, 0.25) is 0 Å². The Labute approximate surface area is 146 Å². The fourth-order valence-corrected chi connectivity index (χ4v) is 2.74. The van der Waals surface area contributed by atoms with Crippen molar-refractivity contribution in [1.29, 1.82) is 0 Å². The largest absolute Gasteiger partial charge is 0.488 e. The number of carboxylic acids is 1. The molecule has 0 unspecified atom stereocenters. The van der Waals surface area contributed by atoms with Gasteiger partial charge < -0.3 is 19.7 Å². The number of nitrogens with zero attached hydrogens (tertiary/aromatic N) is 2. The predicted octanol–water partition coefficient (Wildman–Crippen LogP) is 3.67. The molecule has 0 radical (unpaired) electrons. The third kappa shape index (κ3) is 3.42. The second kappa shape index (κ2) is 6.84. The SMILES string of the molecule is CC(C)Oc1c(NCc2nc3ccccc3n2C)cccc1C(=O)O. The van der Waals surface area contributed by atoms with Crippen molar-refractivity contribution in [2.75, 3.05) is 5.32 Å². The molecule has 1 aromatic heterocycles. The maximum atomic E-state index is 11.5. The van der Waals surface area contributed by atoms with Crippen molar-refractivity contribution < 1.29 is 14.6 Å². The number of imidazole rings is 1. The highest BCUT2D eigenvalue weighted by molar-refractivity contribution is 5.93. The number of hydrogen-bond acceptors (Lipinski definition) is 4. The van der Waals surface area contributed by atoms with Gasteiger partial charge in [0.1, 0.15) is 11.4 Å². The molecule has 0 bridgehead atoms. The van der Waals surface area contributed by atoms with Crippen molar-refractivity contribution >= 4 is 22.7 Å². The smallest absolute Gasteiger partial charge is 0.339 e. The normalized spacial score (nSPS) is 11.0. The fraction of sp³-hybridized carbons (Fsp3) is 0.263. The Balaban J connectivity index is 1.90. The van der Waals surface area contributed by atoms with Crippen LogP contribution in [0.5, 0.6) is 5.75 Å². The minimum Gasteiger partial charge on any atom is -0.488 e. The topological polar surface area (TPSA) is 76.4 Å². The minimum atomic E-state index is -1.01. The molecule has 1 heterocycles. The predicted molar refractivity (Wildman–Crippen MR) is 97.2 cm³/mol. The number of hydrogen-bond donors (Lipinski definition) is 2. The molecule has 25 heavy (non-hydrogen) atoms. The van der Waals surface area contributed by atoms with Crippen LogP contribution in [-0.2, 0) is 13.6 Å². The number of aryl methyl sites for hydroxylation is 1. The quantitative estimate of drug-likeness (QED) is 0.716. The standard InChI is InChI=1S/C19H21N3O3/c1-12(2)25-18-13(19(23)24)7-6-9-15(18)20-11-17-21-14-8-4-5-10-16(14)22(17)3/h4-10,12,20H,11H2,1-3H3,(H,23,24). The van der Waals surface area contributed by atoms with E-state index in [4.69, 9.17) is 4.74 Å². The maximum Gasteiger partial charge on any atom is 0.339 e. The lowest BCUT2D eigenvalue weighted by atomic mass is 10.1. The lowest BCUT2D eigenvalue weighted by Crippen LogP contribution is -2.13. The van der Waals surface area contributed by atoms with Crippen LogP contribution in [-0.4, -0.2) is 26.7 Å². The van der Waals surface area contributed by atoms with Gasteiger partial charge in [0.15, 0.2) is 5.75 Å². The molecule has 0 saturated heterocycles. The zero-order chi connectivity index (χ0) is 18.0. The number of fused-ring (bicyclic) bond motifs is 1. The maximum absolute atomic E-state index is 11.5. The summed E-state index contributed by atoms with van der Waals surface area (Å²) in [5.74, 6) is 0.197. The van der Waals surface area contributed by atoms with Crippen LogP contribution >= 0.6 is 0 Å². The Morgan fingerprint density at radius 1 is 1.24 bits per heavy atom. The molecule has 6 nitrogen and oxygen atoms in total. The van der Waals surface area contributed by atoms with Crippen LogP contribution in [0.1, 0.15) is 30.0 Å². The molecular weight excluding hydrogens is 318 g/mol. The van der Waals surface area contributed by atoms with Crippen molar-refractivity contribution in [2.45, 2.75) is 26.5 Å². The lowest BCUT2D eigenvalue weighted by molar-refractivity contribution is 0.0690. The van der Waals surface area contributed by atoms with E-state index in [1.807, 2.05) is 55.8 Å². The number of ether oxygens (including phenoxy) is 1. The van der Waals surface area contributed by atoms with Crippen LogP contribution in [0.3, 0.4) is 0 Å². The van der Waals surface area contributed by atoms with Crippen molar-refractivity contribution in [3.63, 3.8) is 0 Å². The number of aromatic carboxylic acids is 1. The first-order valence-electron chi connectivity index (χ1n) is 8.14. The van der Waals surface area contributed by atoms with Crippen LogP contribution < -0.4 is 10.1 Å². The Kier molecular flexibility index (Phi) is 4.61. The van der Waals surface area contributed by atoms with Gasteiger partial charge in [-0.05, 0) is 38.1 Å². The molecule has 0 aliphatic rings. The number of carboxylic acid groups (broad SMARTS) is 1. The average molecular weight is 339 g/mol. The Morgan fingerprint density at radius 3 is 2.68 bits per heavy atom. The molecule has 130 valence electrons. The number of aromatic nitrogens is 2. The third-order valence-corrected chi connectivity index (χ3v) is 3.92. The second-order valence-corrected chi connectivity index (χ2v) is 6.08. The van der Waals surface area contributed by atoms with Gasteiger partial charge >= 0.3 is 5.97 Å². The number of rotatable bonds is 6. The van der Waals surface area contributed by atoms with Crippen molar-refractivity contribution in [2.24, 2.45) is 7.05 Å². The Hall–Kier alpha value is -3.02. The minimum absolute atomic E-state index is 0.128. The highest BCUT2D eigenvalue weighted by atomic mass is 16.5. The van der Waals surface area contributed by atoms with Crippen LogP contribution in [0.25, 0.3) is 11.0 Å². The van der Waals surface area contributed by atoms with E-state index in [1.54, 1.807) is 12.1 Å². The summed E-state index contributed by atoms with van der Waals surface area (Å²) in [6.45, 7) is 4.20. The molecule has 3 rings (SSSR count). The molecule has 2 N–H and O–H groups in total. The van der Waals surface area contributed by atoms with Crippen LogP contribution in [0.15, 0.2) is 42.5 Å². The van der Waals surface area contributed by atoms with Crippen LogP contribution in [0.4, 0.5) is 5.69 Å². The lowest BCUT2D eigenvalue weighted by Gasteiger charge is -2.17. The fourth-order valence-electron chi connectivity index (χ4n) is 2.74. The van der Waals surface area contributed by atoms with Gasteiger partial charge in [-0.15, -0.1) is 0 Å². The summed E-state index contributed by atoms with van der Waals surface area (Å²) in [7, 11) is 1.96. The van der Waals surface area contributed by atoms with Gasteiger partial charge in [0.25, 0.3) is 0 Å². The van der Waals surface area contributed by atoms with Gasteiger partial charge in [-0.1, -0.05) is 18.2 Å². The van der Waals surface area contributed by atoms with E-state index in [0.717, 1.165) is 16.9 Å². The number of benzene rings is 2. The number of anilines is 1. The van der Waals surface area contributed by atoms with Gasteiger partial charge in [-0.3, -0.25) is 0 Å². The van der Waals surface area contributed by atoms with Gasteiger partial charge in [0.2, 0.25) is 0 Å². The Morgan fingerprint density at radius 2 is 2.00 bits per heavy atom. The summed E-state index contributed by atoms with van der Waals surface area (Å²) < 4.78 is 7.77. The molecule has 0 amide bonds. The van der Waals surface area contributed by atoms with Gasteiger partial charge in [0.05, 0.1) is 29.4 Å². The summed E-state index contributed by atoms with van der Waals surface area (Å²) in [5.41, 5.74) is 2.77. The highest BCUT2D eigenvalue weighted by Crippen LogP contribution is 2.30. The summed E-state index contributed by atoms with van der Waals surface area (Å²) in [4.78, 5) is 16.1. The second-order valence-electron chi connectivity index (χ2n) is 6.08. The van der Waals surface area contributed by atoms with Gasteiger partial charge in [-0.2, -0.15) is 0 Å². The summed E-state index contributed by atoms with van der Waals surface area (Å²) in [6, 6.07) is 13.0. The molecule has 0 aliphatic heterocycles. The molecule has 6 heteroatoms. The van der Waals surface area contributed by atoms with E-state index in [-0.39, 0.29) is 11.7 Å².